The maximum Gasteiger partial charge on any atom is 0.328 e. The average molecular weight is 370 g/mol. The molecular weight excluding hydrogens is 358 g/mol. The van der Waals surface area contributed by atoms with Crippen molar-refractivity contribution in [3.63, 3.8) is 0 Å². The van der Waals surface area contributed by atoms with E-state index in [4.69, 9.17) is 5.11 Å². The van der Waals surface area contributed by atoms with Crippen molar-refractivity contribution >= 4 is 22.6 Å². The Morgan fingerprint density at radius 3 is 2.78 bits per heavy atom. The molecule has 6 nitrogen and oxygen atoms in total. The van der Waals surface area contributed by atoms with Crippen molar-refractivity contribution in [3.8, 4) is 0 Å². The van der Waals surface area contributed by atoms with Crippen LogP contribution in [0.5, 0.6) is 0 Å². The molecule has 0 bridgehead atoms. The SMILES string of the molecule is O=c1[nH]c(=O)n([C@H]2C[C@H](O)[C@@H](CO)[C@H]2F)cc1I. The lowest BCUT2D eigenvalue weighted by atomic mass is 10.1. The molecule has 0 radical (unpaired) electrons. The van der Waals surface area contributed by atoms with Crippen LogP contribution in [0.25, 0.3) is 0 Å². The molecule has 0 aromatic carbocycles. The number of nitrogens with zero attached hydrogens (tertiary/aromatic N) is 1. The van der Waals surface area contributed by atoms with Crippen molar-refractivity contribution in [3.05, 3.63) is 30.6 Å². The summed E-state index contributed by atoms with van der Waals surface area (Å²) >= 11 is 1.74. The van der Waals surface area contributed by atoms with E-state index >= 15 is 0 Å². The molecule has 100 valence electrons. The van der Waals surface area contributed by atoms with Crippen LogP contribution < -0.4 is 11.2 Å². The van der Waals surface area contributed by atoms with E-state index in [0.717, 1.165) is 4.57 Å². The van der Waals surface area contributed by atoms with Gasteiger partial charge in [-0.25, -0.2) is 9.18 Å². The van der Waals surface area contributed by atoms with E-state index in [1.54, 1.807) is 22.6 Å². The first-order chi connectivity index (χ1) is 8.45. The highest BCUT2D eigenvalue weighted by Crippen LogP contribution is 2.36. The summed E-state index contributed by atoms with van der Waals surface area (Å²) in [6, 6.07) is -0.866. The van der Waals surface area contributed by atoms with E-state index < -0.39 is 42.1 Å². The van der Waals surface area contributed by atoms with Crippen molar-refractivity contribution in [2.75, 3.05) is 6.61 Å². The topological polar surface area (TPSA) is 95.3 Å². The van der Waals surface area contributed by atoms with Crippen LogP contribution in [0.2, 0.25) is 0 Å². The molecule has 1 aromatic heterocycles. The van der Waals surface area contributed by atoms with Crippen LogP contribution in [0.1, 0.15) is 12.5 Å². The maximum atomic E-state index is 14.0. The number of H-pyrrole nitrogens is 1. The normalized spacial score (nSPS) is 31.8. The molecule has 18 heavy (non-hydrogen) atoms. The van der Waals surface area contributed by atoms with Gasteiger partial charge >= 0.3 is 5.69 Å². The number of nitrogens with one attached hydrogen (secondary N) is 1. The Balaban J connectivity index is 2.42. The lowest BCUT2D eigenvalue weighted by molar-refractivity contribution is 0.0591. The molecule has 1 aromatic rings. The van der Waals surface area contributed by atoms with Crippen LogP contribution in [0.15, 0.2) is 15.8 Å². The van der Waals surface area contributed by atoms with Gasteiger partial charge in [0, 0.05) is 12.1 Å². The first-order valence-electron chi connectivity index (χ1n) is 5.39. The molecule has 1 saturated carbocycles. The second-order valence-corrected chi connectivity index (χ2v) is 5.47. The second-order valence-electron chi connectivity index (χ2n) is 4.30. The third kappa shape index (κ3) is 2.24. The van der Waals surface area contributed by atoms with E-state index in [2.05, 4.69) is 4.98 Å². The number of aromatic nitrogens is 2. The number of hydrogen-bond acceptors (Lipinski definition) is 4. The van der Waals surface area contributed by atoms with Gasteiger partial charge in [-0.15, -0.1) is 0 Å². The standard InChI is InChI=1S/C10H12FIN2O4/c11-8-4(3-15)7(16)1-6(8)14-2-5(12)9(17)13-10(14)18/h2,4,6-8,15-16H,1,3H2,(H,13,17,18)/t4-,6+,7+,8-/m1/s1. The van der Waals surface area contributed by atoms with Gasteiger partial charge in [0.1, 0.15) is 6.17 Å². The van der Waals surface area contributed by atoms with Crippen LogP contribution >= 0.6 is 22.6 Å². The smallest absolute Gasteiger partial charge is 0.328 e. The molecule has 0 saturated heterocycles. The minimum Gasteiger partial charge on any atom is -0.396 e. The molecule has 0 unspecified atom stereocenters. The summed E-state index contributed by atoms with van der Waals surface area (Å²) in [6.45, 7) is -0.478. The summed E-state index contributed by atoms with van der Waals surface area (Å²) < 4.78 is 15.4. The number of aromatic amines is 1. The van der Waals surface area contributed by atoms with Gasteiger partial charge < -0.3 is 10.2 Å². The van der Waals surface area contributed by atoms with Gasteiger partial charge in [-0.3, -0.25) is 14.3 Å². The Bertz CT molecular complexity index is 558. The Morgan fingerprint density at radius 2 is 2.22 bits per heavy atom. The molecule has 1 aliphatic carbocycles. The van der Waals surface area contributed by atoms with E-state index in [0.29, 0.717) is 0 Å². The van der Waals surface area contributed by atoms with Gasteiger partial charge in [0.25, 0.3) is 5.56 Å². The van der Waals surface area contributed by atoms with Crippen LogP contribution in [-0.4, -0.2) is 38.6 Å². The molecule has 1 fully saturated rings. The van der Waals surface area contributed by atoms with E-state index in [1.165, 1.54) is 6.20 Å². The lowest BCUT2D eigenvalue weighted by Gasteiger charge is -2.17. The molecule has 8 heteroatoms. The summed E-state index contributed by atoms with van der Waals surface area (Å²) in [5.41, 5.74) is -1.23. The molecule has 1 heterocycles. The van der Waals surface area contributed by atoms with Crippen molar-refractivity contribution in [1.29, 1.82) is 0 Å². The summed E-state index contributed by atoms with van der Waals surface area (Å²) in [5, 5.41) is 18.6. The van der Waals surface area contributed by atoms with Crippen LogP contribution in [0.4, 0.5) is 4.39 Å². The third-order valence-corrected chi connectivity index (χ3v) is 4.01. The number of aliphatic hydroxyl groups excluding tert-OH is 2. The maximum absolute atomic E-state index is 14.0. The summed E-state index contributed by atoms with van der Waals surface area (Å²) in [5.74, 6) is -0.897. The van der Waals surface area contributed by atoms with Gasteiger partial charge in [-0.1, -0.05) is 0 Å². The summed E-state index contributed by atoms with van der Waals surface area (Å²) in [7, 11) is 0. The Labute approximate surface area is 115 Å². The van der Waals surface area contributed by atoms with Gasteiger partial charge in [-0.2, -0.15) is 0 Å². The number of aliphatic hydroxyl groups is 2. The largest absolute Gasteiger partial charge is 0.396 e. The Morgan fingerprint density at radius 1 is 1.56 bits per heavy atom. The van der Waals surface area contributed by atoms with Crippen LogP contribution in [0, 0.1) is 9.49 Å². The molecular formula is C10H12FIN2O4. The van der Waals surface area contributed by atoms with Gasteiger partial charge in [0.2, 0.25) is 0 Å². The van der Waals surface area contributed by atoms with E-state index in [9.17, 15) is 19.1 Å². The minimum atomic E-state index is -1.52. The molecule has 2 rings (SSSR count). The van der Waals surface area contributed by atoms with Gasteiger partial charge in [0.15, 0.2) is 0 Å². The minimum absolute atomic E-state index is 0.0361. The second kappa shape index (κ2) is 5.10. The van der Waals surface area contributed by atoms with Gasteiger partial charge in [-0.05, 0) is 29.0 Å². The first kappa shape index (κ1) is 13.7. The highest BCUT2D eigenvalue weighted by molar-refractivity contribution is 14.1. The average Bonchev–Trinajstić information content (AvgIpc) is 2.59. The molecule has 0 aliphatic heterocycles. The fraction of sp³-hybridized carbons (Fsp3) is 0.600. The number of hydrogen-bond donors (Lipinski definition) is 3. The van der Waals surface area contributed by atoms with Crippen LogP contribution in [-0.2, 0) is 0 Å². The van der Waals surface area contributed by atoms with E-state index in [-0.39, 0.29) is 9.99 Å². The molecule has 4 atom stereocenters. The predicted molar refractivity (Wildman–Crippen MR) is 69.2 cm³/mol. The number of halogens is 2. The quantitative estimate of drug-likeness (QED) is 0.606. The zero-order valence-electron chi connectivity index (χ0n) is 9.22. The highest BCUT2D eigenvalue weighted by Gasteiger charge is 2.44. The highest BCUT2D eigenvalue weighted by atomic mass is 127. The van der Waals surface area contributed by atoms with Gasteiger partial charge in [0.05, 0.1) is 22.3 Å². The predicted octanol–water partition coefficient (Wildman–Crippen LogP) is -0.607. The Hall–Kier alpha value is -0.740. The number of alkyl halides is 1. The summed E-state index contributed by atoms with van der Waals surface area (Å²) in [4.78, 5) is 24.9. The molecule has 0 spiro atoms. The molecule has 0 amide bonds. The van der Waals surface area contributed by atoms with Crippen molar-refractivity contribution in [1.82, 2.24) is 9.55 Å². The van der Waals surface area contributed by atoms with Crippen molar-refractivity contribution in [2.24, 2.45) is 5.92 Å². The third-order valence-electron chi connectivity index (χ3n) is 3.25. The zero-order valence-corrected chi connectivity index (χ0v) is 11.4. The zero-order chi connectivity index (χ0) is 13.4. The molecule has 1 aliphatic rings. The number of rotatable bonds is 2. The molecule has 3 N–H and O–H groups in total. The first-order valence-corrected chi connectivity index (χ1v) is 6.47. The van der Waals surface area contributed by atoms with Crippen LogP contribution in [0.3, 0.4) is 0 Å². The van der Waals surface area contributed by atoms with Crippen molar-refractivity contribution < 1.29 is 14.6 Å². The fourth-order valence-corrected chi connectivity index (χ4v) is 2.68. The summed E-state index contributed by atoms with van der Waals surface area (Å²) in [6.07, 6.45) is -1.21. The van der Waals surface area contributed by atoms with Crippen molar-refractivity contribution in [2.45, 2.75) is 24.7 Å². The fourth-order valence-electron chi connectivity index (χ4n) is 2.25. The van der Waals surface area contributed by atoms with E-state index in [1.807, 2.05) is 0 Å². The monoisotopic (exact) mass is 370 g/mol. The Kier molecular flexibility index (Phi) is 3.87. The lowest BCUT2D eigenvalue weighted by Crippen LogP contribution is -2.36.